The van der Waals surface area contributed by atoms with E-state index in [2.05, 4.69) is 10.2 Å². The van der Waals surface area contributed by atoms with E-state index in [-0.39, 0.29) is 19.1 Å². The van der Waals surface area contributed by atoms with Gasteiger partial charge in [0.25, 0.3) is 0 Å². The molecule has 3 rings (SSSR count). The second-order valence-electron chi connectivity index (χ2n) is 7.11. The molecule has 0 unspecified atom stereocenters. The molecule has 0 atom stereocenters. The third-order valence-electron chi connectivity index (χ3n) is 4.96. The summed E-state index contributed by atoms with van der Waals surface area (Å²) in [5.74, 6) is -0.564. The maximum absolute atomic E-state index is 12.7. The Kier molecular flexibility index (Phi) is 7.41. The van der Waals surface area contributed by atoms with E-state index in [1.54, 1.807) is 6.92 Å². The minimum Gasteiger partial charge on any atom is -0.462 e. The third-order valence-corrected chi connectivity index (χ3v) is 5.98. The summed E-state index contributed by atoms with van der Waals surface area (Å²) in [5, 5.41) is 12.7. The first kappa shape index (κ1) is 21.5. The van der Waals surface area contributed by atoms with Crippen LogP contribution in [0, 0.1) is 6.92 Å². The van der Waals surface area contributed by atoms with Gasteiger partial charge in [0, 0.05) is 36.0 Å². The normalized spacial score (nSPS) is 13.5. The first-order valence-corrected chi connectivity index (χ1v) is 10.9. The Hall–Kier alpha value is -2.22. The number of anilines is 1. The molecule has 2 N–H and O–H groups in total. The fourth-order valence-corrected chi connectivity index (χ4v) is 4.54. The summed E-state index contributed by atoms with van der Waals surface area (Å²) in [6, 6.07) is 10.2. The molecule has 156 valence electrons. The number of aliphatic hydroxyl groups is 1. The van der Waals surface area contributed by atoms with E-state index in [1.807, 2.05) is 37.3 Å². The highest BCUT2D eigenvalue weighted by molar-refractivity contribution is 7.17. The lowest BCUT2D eigenvalue weighted by Crippen LogP contribution is -2.32. The molecule has 1 aromatic heterocycles. The molecule has 1 aromatic carbocycles. The van der Waals surface area contributed by atoms with Crippen molar-refractivity contribution in [2.24, 2.45) is 0 Å². The van der Waals surface area contributed by atoms with E-state index in [9.17, 15) is 14.7 Å². The van der Waals surface area contributed by atoms with Crippen LogP contribution in [-0.4, -0.2) is 54.2 Å². The Labute approximate surface area is 175 Å². The summed E-state index contributed by atoms with van der Waals surface area (Å²) < 4.78 is 5.28. The van der Waals surface area contributed by atoms with Crippen molar-refractivity contribution in [1.29, 1.82) is 0 Å². The first-order valence-electron chi connectivity index (χ1n) is 10.1. The van der Waals surface area contributed by atoms with Gasteiger partial charge in [0.05, 0.1) is 13.2 Å². The summed E-state index contributed by atoms with van der Waals surface area (Å²) in [4.78, 5) is 28.4. The highest BCUT2D eigenvalue weighted by atomic mass is 32.1. The topological polar surface area (TPSA) is 78.9 Å². The Morgan fingerprint density at radius 1 is 1.24 bits per heavy atom. The van der Waals surface area contributed by atoms with E-state index in [0.717, 1.165) is 28.8 Å². The Balaban J connectivity index is 1.79. The zero-order chi connectivity index (χ0) is 20.8. The predicted octanol–water partition coefficient (Wildman–Crippen LogP) is 3.69. The number of rotatable bonds is 10. The summed E-state index contributed by atoms with van der Waals surface area (Å²) in [6.07, 6.45) is 2.56. The van der Waals surface area contributed by atoms with Crippen LogP contribution in [0.15, 0.2) is 30.3 Å². The second kappa shape index (κ2) is 10.0. The van der Waals surface area contributed by atoms with Crippen molar-refractivity contribution in [3.05, 3.63) is 40.8 Å². The van der Waals surface area contributed by atoms with Gasteiger partial charge in [-0.25, -0.2) is 4.79 Å². The summed E-state index contributed by atoms with van der Waals surface area (Å²) in [7, 11) is 0. The summed E-state index contributed by atoms with van der Waals surface area (Å²) in [6.45, 7) is 5.26. The summed E-state index contributed by atoms with van der Waals surface area (Å²) >= 11 is 1.40. The Morgan fingerprint density at radius 3 is 2.59 bits per heavy atom. The number of ether oxygens (including phenoxy) is 1. The number of aryl methyl sites for hydroxylation is 1. The molecule has 0 saturated heterocycles. The minimum absolute atomic E-state index is 0.0929. The quantitative estimate of drug-likeness (QED) is 0.578. The molecule has 29 heavy (non-hydrogen) atoms. The van der Waals surface area contributed by atoms with Gasteiger partial charge in [-0.05, 0) is 32.3 Å². The summed E-state index contributed by atoms with van der Waals surface area (Å²) in [5.41, 5.74) is 2.15. The number of carbonyl (C=O) groups excluding carboxylic acids is 2. The largest absolute Gasteiger partial charge is 0.462 e. The number of benzene rings is 1. The maximum atomic E-state index is 12.7. The first-order chi connectivity index (χ1) is 14.0. The van der Waals surface area contributed by atoms with Crippen molar-refractivity contribution < 1.29 is 19.4 Å². The van der Waals surface area contributed by atoms with Crippen LogP contribution in [-0.2, 0) is 9.53 Å². The molecule has 0 radical (unpaired) electrons. The number of thiophene rings is 1. The molecule has 1 saturated carbocycles. The molecule has 6 nitrogen and oxygen atoms in total. The molecular weight excluding hydrogens is 388 g/mol. The minimum atomic E-state index is -0.425. The van der Waals surface area contributed by atoms with Gasteiger partial charge in [-0.1, -0.05) is 30.3 Å². The highest BCUT2D eigenvalue weighted by Gasteiger charge is 2.29. The van der Waals surface area contributed by atoms with E-state index in [1.165, 1.54) is 11.3 Å². The van der Waals surface area contributed by atoms with Crippen molar-refractivity contribution in [2.45, 2.75) is 39.2 Å². The van der Waals surface area contributed by atoms with Gasteiger partial charge in [-0.15, -0.1) is 11.3 Å². The second-order valence-corrected chi connectivity index (χ2v) is 8.34. The van der Waals surface area contributed by atoms with Gasteiger partial charge in [0.1, 0.15) is 10.6 Å². The van der Waals surface area contributed by atoms with Crippen LogP contribution in [0.3, 0.4) is 0 Å². The van der Waals surface area contributed by atoms with E-state index >= 15 is 0 Å². The standard InChI is InChI=1S/C22H28N2O4S/c1-3-28-22(27)20-19(16-7-5-4-6-8-16)15(2)29-21(20)23-18(26)11-12-24(13-14-25)17-9-10-17/h4-8,17,25H,3,9-14H2,1-2H3,(H,23,26). The predicted molar refractivity (Wildman–Crippen MR) is 115 cm³/mol. The average Bonchev–Trinajstić information content (AvgIpc) is 3.49. The van der Waals surface area contributed by atoms with Crippen molar-refractivity contribution in [1.82, 2.24) is 4.90 Å². The molecule has 1 aliphatic rings. The molecule has 1 fully saturated rings. The maximum Gasteiger partial charge on any atom is 0.341 e. The number of hydrogen-bond acceptors (Lipinski definition) is 6. The van der Waals surface area contributed by atoms with Crippen molar-refractivity contribution in [3.63, 3.8) is 0 Å². The Morgan fingerprint density at radius 2 is 1.97 bits per heavy atom. The number of esters is 1. The molecule has 1 aliphatic carbocycles. The van der Waals surface area contributed by atoms with Crippen LogP contribution in [0.1, 0.15) is 41.4 Å². The van der Waals surface area contributed by atoms with Crippen LogP contribution in [0.2, 0.25) is 0 Å². The Bertz CT molecular complexity index is 846. The molecular formula is C22H28N2O4S. The van der Waals surface area contributed by atoms with Gasteiger partial charge in [0.15, 0.2) is 0 Å². The molecule has 1 amide bonds. The lowest BCUT2D eigenvalue weighted by Gasteiger charge is -2.20. The number of nitrogens with one attached hydrogen (secondary N) is 1. The SMILES string of the molecule is CCOC(=O)c1c(NC(=O)CCN(CCO)C2CC2)sc(C)c1-c1ccccc1. The van der Waals surface area contributed by atoms with Crippen LogP contribution in [0.5, 0.6) is 0 Å². The lowest BCUT2D eigenvalue weighted by molar-refractivity contribution is -0.116. The number of carbonyl (C=O) groups is 2. The molecule has 0 bridgehead atoms. The van der Waals surface area contributed by atoms with Gasteiger partial charge < -0.3 is 15.2 Å². The van der Waals surface area contributed by atoms with Crippen molar-refractivity contribution >= 4 is 28.2 Å². The fraction of sp³-hybridized carbons (Fsp3) is 0.455. The van der Waals surface area contributed by atoms with Crippen molar-refractivity contribution in [3.8, 4) is 11.1 Å². The van der Waals surface area contributed by atoms with Crippen LogP contribution >= 0.6 is 11.3 Å². The zero-order valence-corrected chi connectivity index (χ0v) is 17.8. The van der Waals surface area contributed by atoms with Gasteiger partial charge in [-0.2, -0.15) is 0 Å². The number of aliphatic hydroxyl groups excluding tert-OH is 1. The molecule has 0 aliphatic heterocycles. The van der Waals surface area contributed by atoms with E-state index in [4.69, 9.17) is 4.74 Å². The third kappa shape index (κ3) is 5.44. The molecule has 0 spiro atoms. The van der Waals surface area contributed by atoms with Crippen LogP contribution in [0.25, 0.3) is 11.1 Å². The van der Waals surface area contributed by atoms with Gasteiger partial charge >= 0.3 is 5.97 Å². The number of amides is 1. The van der Waals surface area contributed by atoms with E-state index in [0.29, 0.717) is 36.1 Å². The van der Waals surface area contributed by atoms with Gasteiger partial charge in [-0.3, -0.25) is 9.69 Å². The smallest absolute Gasteiger partial charge is 0.341 e. The number of hydrogen-bond donors (Lipinski definition) is 2. The number of nitrogens with zero attached hydrogens (tertiary/aromatic N) is 1. The average molecular weight is 417 g/mol. The zero-order valence-electron chi connectivity index (χ0n) is 16.9. The highest BCUT2D eigenvalue weighted by Crippen LogP contribution is 2.40. The molecule has 1 heterocycles. The van der Waals surface area contributed by atoms with Gasteiger partial charge in [0.2, 0.25) is 5.91 Å². The molecule has 2 aromatic rings. The lowest BCUT2D eigenvalue weighted by atomic mass is 10.0. The van der Waals surface area contributed by atoms with E-state index < -0.39 is 5.97 Å². The fourth-order valence-electron chi connectivity index (χ4n) is 3.46. The van der Waals surface area contributed by atoms with Crippen molar-refractivity contribution in [2.75, 3.05) is 31.6 Å². The van der Waals surface area contributed by atoms with Crippen LogP contribution in [0.4, 0.5) is 5.00 Å². The monoisotopic (exact) mass is 416 g/mol. The molecule has 7 heteroatoms. The van der Waals surface area contributed by atoms with Crippen LogP contribution < -0.4 is 5.32 Å².